The van der Waals surface area contributed by atoms with E-state index in [1.54, 1.807) is 6.07 Å². The van der Waals surface area contributed by atoms with Crippen molar-refractivity contribution in [2.45, 2.75) is 31.4 Å². The van der Waals surface area contributed by atoms with Gasteiger partial charge in [-0.15, -0.1) is 0 Å². The third kappa shape index (κ3) is 3.04. The van der Waals surface area contributed by atoms with E-state index in [2.05, 4.69) is 0 Å². The molecule has 0 unspecified atom stereocenters. The molecule has 1 saturated carbocycles. The average molecular weight is 240 g/mol. The first-order chi connectivity index (χ1) is 7.75. The molecule has 1 heterocycles. The fourth-order valence-corrected chi connectivity index (χ4v) is 3.21. The average Bonchev–Trinajstić information content (AvgIpc) is 2.87. The summed E-state index contributed by atoms with van der Waals surface area (Å²) in [5.41, 5.74) is 0.247. The van der Waals surface area contributed by atoms with Crippen LogP contribution >= 0.6 is 11.8 Å². The summed E-state index contributed by atoms with van der Waals surface area (Å²) in [6, 6.07) is 1.62. The minimum Gasteiger partial charge on any atom is -0.478 e. The maximum absolute atomic E-state index is 10.6. The van der Waals surface area contributed by atoms with E-state index in [0.717, 1.165) is 17.4 Å². The first-order valence-corrected chi connectivity index (χ1v) is 6.79. The minimum absolute atomic E-state index is 0.247. The van der Waals surface area contributed by atoms with Gasteiger partial charge in [-0.3, -0.25) is 0 Å². The number of thioether (sulfide) groups is 1. The van der Waals surface area contributed by atoms with Crippen LogP contribution in [0.5, 0.6) is 0 Å². The molecule has 0 atom stereocenters. The fourth-order valence-electron chi connectivity index (χ4n) is 2.07. The Balaban J connectivity index is 1.74. The summed E-state index contributed by atoms with van der Waals surface area (Å²) in [6.45, 7) is 0. The van der Waals surface area contributed by atoms with Gasteiger partial charge in [-0.1, -0.05) is 12.8 Å². The molecule has 1 aromatic heterocycles. The second-order valence-corrected chi connectivity index (χ2v) is 5.30. The number of rotatable bonds is 5. The van der Waals surface area contributed by atoms with Crippen LogP contribution in [-0.4, -0.2) is 16.8 Å². The van der Waals surface area contributed by atoms with Crippen LogP contribution in [-0.2, 0) is 5.75 Å². The summed E-state index contributed by atoms with van der Waals surface area (Å²) >= 11 is 1.84. The van der Waals surface area contributed by atoms with Gasteiger partial charge in [0.1, 0.15) is 12.0 Å². The molecule has 3 nitrogen and oxygen atoms in total. The van der Waals surface area contributed by atoms with E-state index < -0.39 is 5.97 Å². The number of carbonyl (C=O) groups is 1. The molecule has 0 saturated heterocycles. The van der Waals surface area contributed by atoms with Gasteiger partial charge in [-0.2, -0.15) is 11.8 Å². The Bertz CT molecular complexity index is 353. The zero-order chi connectivity index (χ0) is 11.4. The standard InChI is InChI=1S/C12H16O3S/c13-12(14)10-5-11(15-6-10)8-16-7-9-3-1-2-4-9/h5-6,9H,1-4,7-8H2,(H,13,14). The largest absolute Gasteiger partial charge is 0.478 e. The third-order valence-corrected chi connectivity index (χ3v) is 4.17. The highest BCUT2D eigenvalue weighted by Crippen LogP contribution is 2.29. The Hall–Kier alpha value is -0.900. The molecule has 0 amide bonds. The van der Waals surface area contributed by atoms with E-state index >= 15 is 0 Å². The number of hydrogen-bond acceptors (Lipinski definition) is 3. The minimum atomic E-state index is -0.921. The zero-order valence-electron chi connectivity index (χ0n) is 9.15. The van der Waals surface area contributed by atoms with E-state index in [9.17, 15) is 4.79 Å². The highest BCUT2D eigenvalue weighted by atomic mass is 32.2. The van der Waals surface area contributed by atoms with Crippen LogP contribution in [0.3, 0.4) is 0 Å². The van der Waals surface area contributed by atoms with Crippen LogP contribution in [0.2, 0.25) is 0 Å². The number of aromatic carboxylic acids is 1. The molecular formula is C12H16O3S. The second kappa shape index (κ2) is 5.43. The van der Waals surface area contributed by atoms with Crippen molar-refractivity contribution in [3.63, 3.8) is 0 Å². The molecule has 1 fully saturated rings. The van der Waals surface area contributed by atoms with E-state index in [4.69, 9.17) is 9.52 Å². The van der Waals surface area contributed by atoms with Crippen molar-refractivity contribution in [2.75, 3.05) is 5.75 Å². The van der Waals surface area contributed by atoms with E-state index in [-0.39, 0.29) is 5.56 Å². The lowest BCUT2D eigenvalue weighted by atomic mass is 10.1. The lowest BCUT2D eigenvalue weighted by Crippen LogP contribution is -1.96. The molecule has 0 radical (unpaired) electrons. The summed E-state index contributed by atoms with van der Waals surface area (Å²) in [7, 11) is 0. The molecule has 1 N–H and O–H groups in total. The Morgan fingerprint density at radius 1 is 1.50 bits per heavy atom. The van der Waals surface area contributed by atoms with Crippen LogP contribution < -0.4 is 0 Å². The predicted octanol–water partition coefficient (Wildman–Crippen LogP) is 3.40. The van der Waals surface area contributed by atoms with Gasteiger partial charge in [0.2, 0.25) is 0 Å². The van der Waals surface area contributed by atoms with Crippen molar-refractivity contribution < 1.29 is 14.3 Å². The van der Waals surface area contributed by atoms with Crippen molar-refractivity contribution in [3.05, 3.63) is 23.7 Å². The van der Waals surface area contributed by atoms with Crippen LogP contribution in [0.4, 0.5) is 0 Å². The van der Waals surface area contributed by atoms with E-state index in [0.29, 0.717) is 0 Å². The Morgan fingerprint density at radius 3 is 2.88 bits per heavy atom. The highest BCUT2D eigenvalue weighted by Gasteiger charge is 2.15. The molecule has 1 aromatic rings. The summed E-state index contributed by atoms with van der Waals surface area (Å²) in [4.78, 5) is 10.6. The van der Waals surface area contributed by atoms with Gasteiger partial charge in [0.15, 0.2) is 0 Å². The van der Waals surface area contributed by atoms with E-state index in [1.807, 2.05) is 11.8 Å². The molecule has 1 aliphatic rings. The maximum atomic E-state index is 10.6. The predicted molar refractivity (Wildman–Crippen MR) is 63.8 cm³/mol. The van der Waals surface area contributed by atoms with Gasteiger partial charge in [0, 0.05) is 0 Å². The van der Waals surface area contributed by atoms with Gasteiger partial charge in [-0.25, -0.2) is 4.79 Å². The quantitative estimate of drug-likeness (QED) is 0.857. The number of hydrogen-bond donors (Lipinski definition) is 1. The van der Waals surface area contributed by atoms with Crippen molar-refractivity contribution in [3.8, 4) is 0 Å². The molecule has 0 bridgehead atoms. The molecule has 4 heteroatoms. The SMILES string of the molecule is O=C(O)c1coc(CSCC2CCCC2)c1. The molecule has 0 spiro atoms. The van der Waals surface area contributed by atoms with Gasteiger partial charge in [0.25, 0.3) is 0 Å². The molecular weight excluding hydrogens is 224 g/mol. The molecule has 16 heavy (non-hydrogen) atoms. The zero-order valence-corrected chi connectivity index (χ0v) is 9.96. The summed E-state index contributed by atoms with van der Waals surface area (Å²) in [5.74, 6) is 2.66. The van der Waals surface area contributed by atoms with Crippen LogP contribution in [0.15, 0.2) is 16.7 Å². The molecule has 88 valence electrons. The third-order valence-electron chi connectivity index (χ3n) is 2.97. The smallest absolute Gasteiger partial charge is 0.338 e. The Morgan fingerprint density at radius 2 is 2.25 bits per heavy atom. The highest BCUT2D eigenvalue weighted by molar-refractivity contribution is 7.98. The summed E-state index contributed by atoms with van der Waals surface area (Å²) in [5, 5.41) is 8.73. The first-order valence-electron chi connectivity index (χ1n) is 5.64. The fraction of sp³-hybridized carbons (Fsp3) is 0.583. The van der Waals surface area contributed by atoms with Gasteiger partial charge in [-0.05, 0) is 30.6 Å². The lowest BCUT2D eigenvalue weighted by molar-refractivity contribution is 0.0696. The number of carboxylic acid groups (broad SMARTS) is 1. The molecule has 1 aliphatic carbocycles. The van der Waals surface area contributed by atoms with E-state index in [1.165, 1.54) is 37.7 Å². The summed E-state index contributed by atoms with van der Waals surface area (Å²) in [6.07, 6.45) is 6.76. The maximum Gasteiger partial charge on any atom is 0.338 e. The number of carboxylic acids is 1. The second-order valence-electron chi connectivity index (χ2n) is 4.27. The molecule has 2 rings (SSSR count). The van der Waals surface area contributed by atoms with Gasteiger partial charge >= 0.3 is 5.97 Å². The van der Waals surface area contributed by atoms with Crippen molar-refractivity contribution in [1.82, 2.24) is 0 Å². The lowest BCUT2D eigenvalue weighted by Gasteiger charge is -2.06. The first kappa shape index (κ1) is 11.6. The monoisotopic (exact) mass is 240 g/mol. The normalized spacial score (nSPS) is 16.8. The Labute approximate surface area is 99.2 Å². The van der Waals surface area contributed by atoms with Crippen LogP contribution in [0, 0.1) is 5.92 Å². The van der Waals surface area contributed by atoms with Crippen LogP contribution in [0.25, 0.3) is 0 Å². The van der Waals surface area contributed by atoms with Crippen molar-refractivity contribution in [1.29, 1.82) is 0 Å². The van der Waals surface area contributed by atoms with Gasteiger partial charge < -0.3 is 9.52 Å². The summed E-state index contributed by atoms with van der Waals surface area (Å²) < 4.78 is 5.19. The number of furan rings is 1. The molecule has 0 aliphatic heterocycles. The van der Waals surface area contributed by atoms with Crippen molar-refractivity contribution >= 4 is 17.7 Å². The molecule has 0 aromatic carbocycles. The topological polar surface area (TPSA) is 50.4 Å². The van der Waals surface area contributed by atoms with Gasteiger partial charge in [0.05, 0.1) is 11.3 Å². The Kier molecular flexibility index (Phi) is 3.93. The van der Waals surface area contributed by atoms with Crippen molar-refractivity contribution in [2.24, 2.45) is 5.92 Å². The van der Waals surface area contributed by atoms with Crippen LogP contribution in [0.1, 0.15) is 41.8 Å².